The van der Waals surface area contributed by atoms with Crippen LogP contribution >= 0.6 is 11.8 Å². The minimum Gasteiger partial charge on any atom is -0.431 e. The molecule has 0 unspecified atom stereocenters. The Bertz CT molecular complexity index is 909. The Morgan fingerprint density at radius 1 is 1.20 bits per heavy atom. The van der Waals surface area contributed by atoms with Gasteiger partial charge in [-0.05, 0) is 36.8 Å². The summed E-state index contributed by atoms with van der Waals surface area (Å²) in [4.78, 5) is 27.9. The van der Waals surface area contributed by atoms with E-state index in [2.05, 4.69) is 15.8 Å². The van der Waals surface area contributed by atoms with Crippen LogP contribution in [0.1, 0.15) is 15.9 Å². The molecule has 0 bridgehead atoms. The summed E-state index contributed by atoms with van der Waals surface area (Å²) in [6.07, 6.45) is 0. The molecule has 0 atom stereocenters. The third-order valence-corrected chi connectivity index (χ3v) is 4.18. The third-order valence-electron chi connectivity index (χ3n) is 3.35. The van der Waals surface area contributed by atoms with Crippen LogP contribution in [-0.4, -0.2) is 22.6 Å². The van der Waals surface area contributed by atoms with Crippen LogP contribution in [0, 0.1) is 12.7 Å². The number of hydrazine groups is 1. The minimum absolute atomic E-state index is 0.00929. The molecule has 0 spiro atoms. The highest BCUT2D eigenvalue weighted by atomic mass is 32.2. The maximum absolute atomic E-state index is 13.4. The lowest BCUT2D eigenvalue weighted by molar-refractivity contribution is -0.119. The highest BCUT2D eigenvalue weighted by Crippen LogP contribution is 2.22. The first-order valence-corrected chi connectivity index (χ1v) is 8.35. The number of halogens is 1. The van der Waals surface area contributed by atoms with Gasteiger partial charge < -0.3 is 4.42 Å². The van der Waals surface area contributed by atoms with Gasteiger partial charge in [0.1, 0.15) is 11.3 Å². The largest absolute Gasteiger partial charge is 0.431 e. The maximum Gasteiger partial charge on any atom is 0.269 e. The third kappa shape index (κ3) is 4.16. The topological polar surface area (TPSA) is 84.2 Å². The molecule has 3 rings (SSSR count). The Labute approximate surface area is 146 Å². The fraction of sp³-hybridized carbons (Fsp3) is 0.118. The number of hydrogen-bond acceptors (Lipinski definition) is 5. The van der Waals surface area contributed by atoms with Crippen molar-refractivity contribution in [1.29, 1.82) is 0 Å². The Balaban J connectivity index is 1.50. The summed E-state index contributed by atoms with van der Waals surface area (Å²) in [7, 11) is 0. The van der Waals surface area contributed by atoms with E-state index in [4.69, 9.17) is 4.42 Å². The standard InChI is InChI=1S/C17H14FN3O3S/c1-10-6-7-11(8-12(10)18)16(23)21-20-15(22)9-25-17-19-13-4-2-3-5-14(13)24-17/h2-8H,9H2,1H3,(H,20,22)(H,21,23). The van der Waals surface area contributed by atoms with E-state index in [1.54, 1.807) is 13.0 Å². The second-order valence-electron chi connectivity index (χ2n) is 5.20. The molecule has 0 aliphatic rings. The summed E-state index contributed by atoms with van der Waals surface area (Å²) < 4.78 is 18.9. The SMILES string of the molecule is Cc1ccc(C(=O)NNC(=O)CSc2nc3ccccc3o2)cc1F. The van der Waals surface area contributed by atoms with Crippen molar-refractivity contribution < 1.29 is 18.4 Å². The molecule has 0 aliphatic carbocycles. The number of nitrogens with zero attached hydrogens (tertiary/aromatic N) is 1. The molecule has 2 amide bonds. The summed E-state index contributed by atoms with van der Waals surface area (Å²) in [6, 6.07) is 11.4. The average molecular weight is 359 g/mol. The van der Waals surface area contributed by atoms with E-state index in [-0.39, 0.29) is 11.3 Å². The second kappa shape index (κ2) is 7.35. The monoisotopic (exact) mass is 359 g/mol. The smallest absolute Gasteiger partial charge is 0.269 e. The number of nitrogens with one attached hydrogen (secondary N) is 2. The predicted octanol–water partition coefficient (Wildman–Crippen LogP) is 2.83. The molecule has 25 heavy (non-hydrogen) atoms. The molecule has 128 valence electrons. The van der Waals surface area contributed by atoms with E-state index in [0.29, 0.717) is 21.9 Å². The first kappa shape index (κ1) is 17.0. The summed E-state index contributed by atoms with van der Waals surface area (Å²) in [5, 5.41) is 0.364. The molecule has 0 saturated carbocycles. The van der Waals surface area contributed by atoms with Crippen molar-refractivity contribution in [2.75, 3.05) is 5.75 Å². The van der Waals surface area contributed by atoms with Gasteiger partial charge in [-0.2, -0.15) is 0 Å². The minimum atomic E-state index is -0.598. The van der Waals surface area contributed by atoms with Crippen molar-refractivity contribution in [2.45, 2.75) is 12.1 Å². The van der Waals surface area contributed by atoms with Crippen LogP contribution in [0.2, 0.25) is 0 Å². The van der Waals surface area contributed by atoms with Gasteiger partial charge >= 0.3 is 0 Å². The van der Waals surface area contributed by atoms with Crippen molar-refractivity contribution >= 4 is 34.7 Å². The first-order valence-electron chi connectivity index (χ1n) is 7.36. The Morgan fingerprint density at radius 3 is 2.76 bits per heavy atom. The quantitative estimate of drug-likeness (QED) is 0.553. The molecule has 2 aromatic carbocycles. The van der Waals surface area contributed by atoms with Crippen LogP contribution in [0.25, 0.3) is 11.1 Å². The molecule has 1 heterocycles. The summed E-state index contributed by atoms with van der Waals surface area (Å²) in [5.41, 5.74) is 6.41. The molecule has 2 N–H and O–H groups in total. The van der Waals surface area contributed by atoms with E-state index in [1.165, 1.54) is 12.1 Å². The number of aromatic nitrogens is 1. The van der Waals surface area contributed by atoms with Gasteiger partial charge in [0.2, 0.25) is 5.91 Å². The van der Waals surface area contributed by atoms with Gasteiger partial charge in [0.05, 0.1) is 5.75 Å². The zero-order valence-corrected chi connectivity index (χ0v) is 14.0. The predicted molar refractivity (Wildman–Crippen MR) is 91.5 cm³/mol. The highest BCUT2D eigenvalue weighted by Gasteiger charge is 2.11. The van der Waals surface area contributed by atoms with Crippen molar-refractivity contribution in [3.05, 3.63) is 59.4 Å². The maximum atomic E-state index is 13.4. The summed E-state index contributed by atoms with van der Waals surface area (Å²) in [5.74, 6) is -1.51. The zero-order valence-electron chi connectivity index (χ0n) is 13.2. The molecule has 0 fully saturated rings. The summed E-state index contributed by atoms with van der Waals surface area (Å²) >= 11 is 1.11. The normalized spacial score (nSPS) is 10.6. The number of para-hydroxylation sites is 2. The van der Waals surface area contributed by atoms with Gasteiger partial charge in [-0.15, -0.1) is 0 Å². The lowest BCUT2D eigenvalue weighted by Gasteiger charge is -2.07. The van der Waals surface area contributed by atoms with E-state index >= 15 is 0 Å². The van der Waals surface area contributed by atoms with Crippen LogP contribution in [0.5, 0.6) is 0 Å². The van der Waals surface area contributed by atoms with Crippen LogP contribution in [0.3, 0.4) is 0 Å². The summed E-state index contributed by atoms with van der Waals surface area (Å²) in [6.45, 7) is 1.60. The number of carbonyl (C=O) groups is 2. The number of fused-ring (bicyclic) bond motifs is 1. The van der Waals surface area contributed by atoms with E-state index in [1.807, 2.05) is 18.2 Å². The number of benzene rings is 2. The zero-order chi connectivity index (χ0) is 17.8. The fourth-order valence-electron chi connectivity index (χ4n) is 2.01. The van der Waals surface area contributed by atoms with Gasteiger partial charge in [-0.25, -0.2) is 9.37 Å². The number of oxazole rings is 1. The number of thioether (sulfide) groups is 1. The lowest BCUT2D eigenvalue weighted by Crippen LogP contribution is -2.42. The van der Waals surface area contributed by atoms with E-state index < -0.39 is 17.6 Å². The Morgan fingerprint density at radius 2 is 2.00 bits per heavy atom. The number of hydrogen-bond donors (Lipinski definition) is 2. The molecule has 3 aromatic rings. The van der Waals surface area contributed by atoms with Crippen molar-refractivity contribution in [1.82, 2.24) is 15.8 Å². The van der Waals surface area contributed by atoms with Gasteiger partial charge in [-0.1, -0.05) is 30.0 Å². The van der Waals surface area contributed by atoms with Gasteiger partial charge in [-0.3, -0.25) is 20.4 Å². The lowest BCUT2D eigenvalue weighted by atomic mass is 10.1. The molecular formula is C17H14FN3O3S. The van der Waals surface area contributed by atoms with E-state index in [0.717, 1.165) is 17.8 Å². The molecule has 8 heteroatoms. The molecule has 0 radical (unpaired) electrons. The van der Waals surface area contributed by atoms with Crippen LogP contribution in [-0.2, 0) is 4.79 Å². The van der Waals surface area contributed by atoms with Crippen molar-refractivity contribution in [3.63, 3.8) is 0 Å². The molecular weight excluding hydrogens is 345 g/mol. The second-order valence-corrected chi connectivity index (χ2v) is 6.13. The van der Waals surface area contributed by atoms with E-state index in [9.17, 15) is 14.0 Å². The highest BCUT2D eigenvalue weighted by molar-refractivity contribution is 7.99. The fourth-order valence-corrected chi connectivity index (χ4v) is 2.65. The molecule has 0 saturated heterocycles. The molecule has 0 aliphatic heterocycles. The van der Waals surface area contributed by atoms with Crippen LogP contribution < -0.4 is 10.9 Å². The Kier molecular flexibility index (Phi) is 4.99. The Hall–Kier alpha value is -2.87. The molecule has 1 aromatic heterocycles. The van der Waals surface area contributed by atoms with Crippen LogP contribution in [0.4, 0.5) is 4.39 Å². The van der Waals surface area contributed by atoms with Gasteiger partial charge in [0.25, 0.3) is 11.1 Å². The number of amides is 2. The average Bonchev–Trinajstić information content (AvgIpc) is 3.03. The van der Waals surface area contributed by atoms with Gasteiger partial charge in [0.15, 0.2) is 5.58 Å². The first-order chi connectivity index (χ1) is 12.0. The van der Waals surface area contributed by atoms with Crippen molar-refractivity contribution in [3.8, 4) is 0 Å². The number of rotatable bonds is 4. The molecule has 6 nitrogen and oxygen atoms in total. The number of aryl methyl sites for hydroxylation is 1. The van der Waals surface area contributed by atoms with Crippen LogP contribution in [0.15, 0.2) is 52.1 Å². The van der Waals surface area contributed by atoms with Crippen molar-refractivity contribution in [2.24, 2.45) is 0 Å². The van der Waals surface area contributed by atoms with Gasteiger partial charge in [0, 0.05) is 5.56 Å². The number of carbonyl (C=O) groups excluding carboxylic acids is 2.